The van der Waals surface area contributed by atoms with Gasteiger partial charge in [-0.3, -0.25) is 0 Å². The first-order valence-electron chi connectivity index (χ1n) is 5.86. The smallest absolute Gasteiger partial charge is 0.165 e. The molecule has 0 bridgehead atoms. The maximum Gasteiger partial charge on any atom is 0.165 e. The van der Waals surface area contributed by atoms with E-state index in [1.54, 1.807) is 18.4 Å². The van der Waals surface area contributed by atoms with Gasteiger partial charge in [0.1, 0.15) is 0 Å². The van der Waals surface area contributed by atoms with Crippen LogP contribution in [0.3, 0.4) is 0 Å². The number of ether oxygens (including phenoxy) is 1. The van der Waals surface area contributed by atoms with E-state index in [1.165, 1.54) is 5.56 Å². The highest BCUT2D eigenvalue weighted by atomic mass is 32.1. The number of nitrogens with zero attached hydrogens (tertiary/aromatic N) is 4. The molecule has 0 spiro atoms. The maximum atomic E-state index is 4.97. The standard InChI is InChI=1S/C11H17N5OS/c1-17-6-4-12-8-11-13-14-15-16(11)5-2-10-3-7-18-9-10/h3,7,9,12H,2,4-6,8H2,1H3. The highest BCUT2D eigenvalue weighted by molar-refractivity contribution is 7.07. The van der Waals surface area contributed by atoms with Crippen molar-refractivity contribution in [2.75, 3.05) is 20.3 Å². The number of nitrogens with one attached hydrogen (secondary N) is 1. The van der Waals surface area contributed by atoms with Crippen LogP contribution in [0.15, 0.2) is 16.8 Å². The summed E-state index contributed by atoms with van der Waals surface area (Å²) < 4.78 is 6.81. The van der Waals surface area contributed by atoms with Gasteiger partial charge in [-0.15, -0.1) is 5.10 Å². The molecule has 98 valence electrons. The topological polar surface area (TPSA) is 64.9 Å². The van der Waals surface area contributed by atoms with Crippen molar-refractivity contribution >= 4 is 11.3 Å². The van der Waals surface area contributed by atoms with Crippen LogP contribution in [-0.4, -0.2) is 40.5 Å². The molecule has 7 heteroatoms. The predicted molar refractivity (Wildman–Crippen MR) is 69.4 cm³/mol. The van der Waals surface area contributed by atoms with E-state index in [1.807, 2.05) is 4.68 Å². The second-order valence-electron chi connectivity index (χ2n) is 3.87. The molecule has 0 aromatic carbocycles. The van der Waals surface area contributed by atoms with Crippen LogP contribution < -0.4 is 5.32 Å². The molecule has 0 unspecified atom stereocenters. The Bertz CT molecular complexity index is 442. The molecule has 0 aliphatic carbocycles. The molecule has 0 radical (unpaired) electrons. The molecule has 0 saturated carbocycles. The zero-order valence-electron chi connectivity index (χ0n) is 10.4. The minimum atomic E-state index is 0.667. The zero-order chi connectivity index (χ0) is 12.6. The van der Waals surface area contributed by atoms with Crippen molar-refractivity contribution in [1.82, 2.24) is 25.5 Å². The number of thiophene rings is 1. The lowest BCUT2D eigenvalue weighted by atomic mass is 10.2. The minimum absolute atomic E-state index is 0.667. The van der Waals surface area contributed by atoms with Gasteiger partial charge in [0, 0.05) is 20.2 Å². The number of methoxy groups -OCH3 is 1. The van der Waals surface area contributed by atoms with Crippen molar-refractivity contribution in [2.24, 2.45) is 0 Å². The van der Waals surface area contributed by atoms with Gasteiger partial charge in [0.05, 0.1) is 13.2 Å². The Hall–Kier alpha value is -1.31. The number of tetrazole rings is 1. The van der Waals surface area contributed by atoms with E-state index in [4.69, 9.17) is 4.74 Å². The van der Waals surface area contributed by atoms with Gasteiger partial charge < -0.3 is 10.1 Å². The first-order chi connectivity index (χ1) is 8.90. The summed E-state index contributed by atoms with van der Waals surface area (Å²) in [5.74, 6) is 0.862. The molecule has 0 saturated heterocycles. The molecule has 0 aliphatic heterocycles. The van der Waals surface area contributed by atoms with Crippen LogP contribution in [0.2, 0.25) is 0 Å². The summed E-state index contributed by atoms with van der Waals surface area (Å²) in [6.07, 6.45) is 0.958. The molecule has 0 aliphatic rings. The minimum Gasteiger partial charge on any atom is -0.383 e. The Labute approximate surface area is 110 Å². The predicted octanol–water partition coefficient (Wildman–Crippen LogP) is 0.713. The summed E-state index contributed by atoms with van der Waals surface area (Å²) >= 11 is 1.71. The van der Waals surface area contributed by atoms with E-state index < -0.39 is 0 Å². The van der Waals surface area contributed by atoms with Crippen molar-refractivity contribution in [3.63, 3.8) is 0 Å². The average molecular weight is 267 g/mol. The fourth-order valence-corrected chi connectivity index (χ4v) is 2.27. The van der Waals surface area contributed by atoms with Crippen molar-refractivity contribution < 1.29 is 4.74 Å². The van der Waals surface area contributed by atoms with Crippen molar-refractivity contribution in [3.05, 3.63) is 28.2 Å². The fourth-order valence-electron chi connectivity index (χ4n) is 1.57. The normalized spacial score (nSPS) is 10.9. The van der Waals surface area contributed by atoms with Gasteiger partial charge in [-0.05, 0) is 39.2 Å². The van der Waals surface area contributed by atoms with Crippen LogP contribution >= 0.6 is 11.3 Å². The van der Waals surface area contributed by atoms with Crippen LogP contribution in [0.25, 0.3) is 0 Å². The van der Waals surface area contributed by atoms with Crippen LogP contribution in [-0.2, 0) is 24.2 Å². The van der Waals surface area contributed by atoms with Gasteiger partial charge in [0.2, 0.25) is 0 Å². The van der Waals surface area contributed by atoms with Gasteiger partial charge in [-0.1, -0.05) is 0 Å². The third-order valence-corrected chi connectivity index (χ3v) is 3.30. The Morgan fingerprint density at radius 3 is 3.22 bits per heavy atom. The Kier molecular flexibility index (Phi) is 5.25. The number of aromatic nitrogens is 4. The lowest BCUT2D eigenvalue weighted by Gasteiger charge is -2.05. The van der Waals surface area contributed by atoms with Crippen molar-refractivity contribution in [2.45, 2.75) is 19.5 Å². The zero-order valence-corrected chi connectivity index (χ0v) is 11.2. The Balaban J connectivity index is 1.79. The van der Waals surface area contributed by atoms with E-state index in [0.717, 1.165) is 25.3 Å². The second kappa shape index (κ2) is 7.20. The van der Waals surface area contributed by atoms with Crippen molar-refractivity contribution in [1.29, 1.82) is 0 Å². The lowest BCUT2D eigenvalue weighted by Crippen LogP contribution is -2.21. The van der Waals surface area contributed by atoms with Gasteiger partial charge >= 0.3 is 0 Å². The van der Waals surface area contributed by atoms with Crippen molar-refractivity contribution in [3.8, 4) is 0 Å². The van der Waals surface area contributed by atoms with Gasteiger partial charge in [-0.2, -0.15) is 11.3 Å². The summed E-state index contributed by atoms with van der Waals surface area (Å²) in [4.78, 5) is 0. The molecule has 2 aromatic rings. The molecular weight excluding hydrogens is 250 g/mol. The van der Waals surface area contributed by atoms with Gasteiger partial charge in [0.15, 0.2) is 5.82 Å². The maximum absolute atomic E-state index is 4.97. The second-order valence-corrected chi connectivity index (χ2v) is 4.65. The van der Waals surface area contributed by atoms with Crippen LogP contribution in [0.5, 0.6) is 0 Å². The molecule has 2 aromatic heterocycles. The molecule has 2 rings (SSSR count). The van der Waals surface area contributed by atoms with E-state index in [2.05, 4.69) is 37.7 Å². The first kappa shape index (κ1) is 13.1. The quantitative estimate of drug-likeness (QED) is 0.714. The molecule has 0 atom stereocenters. The van der Waals surface area contributed by atoms with Crippen LogP contribution in [0.4, 0.5) is 0 Å². The molecule has 0 amide bonds. The number of hydrogen-bond donors (Lipinski definition) is 1. The Morgan fingerprint density at radius 1 is 1.50 bits per heavy atom. The van der Waals surface area contributed by atoms with E-state index >= 15 is 0 Å². The highest BCUT2D eigenvalue weighted by Gasteiger charge is 2.05. The number of aryl methyl sites for hydroxylation is 2. The molecule has 0 fully saturated rings. The molecule has 6 nitrogen and oxygen atoms in total. The molecule has 18 heavy (non-hydrogen) atoms. The third-order valence-electron chi connectivity index (χ3n) is 2.56. The summed E-state index contributed by atoms with van der Waals surface area (Å²) in [6.45, 7) is 2.97. The molecule has 1 N–H and O–H groups in total. The Morgan fingerprint density at radius 2 is 2.44 bits per heavy atom. The third kappa shape index (κ3) is 3.86. The lowest BCUT2D eigenvalue weighted by molar-refractivity contribution is 0.198. The average Bonchev–Trinajstić information content (AvgIpc) is 3.03. The van der Waals surface area contributed by atoms with Gasteiger partial charge in [0.25, 0.3) is 0 Å². The SMILES string of the molecule is COCCNCc1nnnn1CCc1ccsc1. The van der Waals surface area contributed by atoms with Crippen LogP contribution in [0, 0.1) is 0 Å². The monoisotopic (exact) mass is 267 g/mol. The summed E-state index contributed by atoms with van der Waals surface area (Å²) in [5, 5.41) is 19.2. The fraction of sp³-hybridized carbons (Fsp3) is 0.545. The van der Waals surface area contributed by atoms with E-state index in [9.17, 15) is 0 Å². The molecular formula is C11H17N5OS. The van der Waals surface area contributed by atoms with Gasteiger partial charge in [-0.25, -0.2) is 4.68 Å². The summed E-state index contributed by atoms with van der Waals surface area (Å²) in [7, 11) is 1.69. The summed E-state index contributed by atoms with van der Waals surface area (Å²) in [6, 6.07) is 2.13. The number of hydrogen-bond acceptors (Lipinski definition) is 6. The number of rotatable bonds is 8. The van der Waals surface area contributed by atoms with E-state index in [-0.39, 0.29) is 0 Å². The highest BCUT2D eigenvalue weighted by Crippen LogP contribution is 2.07. The van der Waals surface area contributed by atoms with Crippen LogP contribution in [0.1, 0.15) is 11.4 Å². The summed E-state index contributed by atoms with van der Waals surface area (Å²) in [5.41, 5.74) is 1.33. The molecule has 2 heterocycles. The largest absolute Gasteiger partial charge is 0.383 e. The van der Waals surface area contributed by atoms with E-state index in [0.29, 0.717) is 13.2 Å². The first-order valence-corrected chi connectivity index (χ1v) is 6.80.